The van der Waals surface area contributed by atoms with Gasteiger partial charge in [0.1, 0.15) is 6.61 Å². The summed E-state index contributed by atoms with van der Waals surface area (Å²) in [6, 6.07) is 6.35. The second-order valence-electron chi connectivity index (χ2n) is 11.5. The number of benzene rings is 1. The lowest BCUT2D eigenvalue weighted by molar-refractivity contribution is 0.00578. The average Bonchev–Trinajstić information content (AvgIpc) is 3.68. The molecule has 10 nitrogen and oxygen atoms in total. The third-order valence-corrected chi connectivity index (χ3v) is 10.1. The Morgan fingerprint density at radius 3 is 2.39 bits per heavy atom. The van der Waals surface area contributed by atoms with E-state index in [1.165, 1.54) is 5.56 Å². The van der Waals surface area contributed by atoms with Crippen LogP contribution in [0.25, 0.3) is 28.1 Å². The Morgan fingerprint density at radius 2 is 1.75 bits per heavy atom. The Balaban J connectivity index is 0.00000216. The van der Waals surface area contributed by atoms with Crippen molar-refractivity contribution in [2.24, 2.45) is 14.1 Å². The normalized spacial score (nSPS) is 16.0. The van der Waals surface area contributed by atoms with Crippen molar-refractivity contribution < 1.29 is 18.8 Å². The summed E-state index contributed by atoms with van der Waals surface area (Å²) < 4.78 is 30.1. The quantitative estimate of drug-likeness (QED) is 0.0704. The summed E-state index contributed by atoms with van der Waals surface area (Å²) in [5.74, 6) is 2.64. The molecule has 5 rings (SSSR count). The fraction of sp³-hybridized carbons (Fsp3) is 0.516. The number of halogens is 1. The molecule has 0 N–H and O–H groups in total. The van der Waals surface area contributed by atoms with Crippen molar-refractivity contribution >= 4 is 52.5 Å². The molecule has 0 spiro atoms. The SMILES string of the molecule is CC.CCc1nn(C)c(COCCOc2c(-c3ccc4c(c3)c(/C=C/B3OC(C)(C)C(C)(C)O3)nn4PI)cnn2C)c1C. The number of aromatic nitrogens is 6. The van der Waals surface area contributed by atoms with Gasteiger partial charge in [-0.1, -0.05) is 32.8 Å². The minimum Gasteiger partial charge on any atom is -0.475 e. The Bertz CT molecular complexity index is 1600. The molecule has 1 aliphatic heterocycles. The molecule has 1 fully saturated rings. The van der Waals surface area contributed by atoms with Crippen LogP contribution in [0.2, 0.25) is 0 Å². The zero-order valence-corrected chi connectivity index (χ0v) is 30.7. The standard InChI is InChI=1S/C29H39BIN6O4P.C2H6/c1-9-23-19(2)26(35(7)33-23)18-38-14-15-39-27-22(17-32-36(27)8)20-10-11-25-21(16-20)24(34-37(25)42-31)12-13-30-40-28(3,4)29(5,6)41-30;1-2/h10-13,16-17,42H,9,14-15,18H2,1-8H3;1-2H3/b13-12+;. The molecular formula is C31H45BIN6O4P. The van der Waals surface area contributed by atoms with Crippen molar-refractivity contribution in [2.75, 3.05) is 13.2 Å². The first-order valence-corrected chi connectivity index (χ1v) is 19.2. The van der Waals surface area contributed by atoms with Gasteiger partial charge in [-0.3, -0.25) is 4.68 Å². The van der Waals surface area contributed by atoms with E-state index in [0.29, 0.717) is 32.1 Å². The van der Waals surface area contributed by atoms with Crippen molar-refractivity contribution in [1.29, 1.82) is 0 Å². The smallest absolute Gasteiger partial charge is 0.475 e. The van der Waals surface area contributed by atoms with Gasteiger partial charge in [0, 0.05) is 19.5 Å². The number of fused-ring (bicyclic) bond motifs is 1. The molecule has 238 valence electrons. The van der Waals surface area contributed by atoms with Crippen LogP contribution >= 0.6 is 28.4 Å². The Labute approximate surface area is 276 Å². The average molecular weight is 734 g/mol. The van der Waals surface area contributed by atoms with E-state index in [1.807, 2.05) is 55.3 Å². The maximum atomic E-state index is 6.20. The number of rotatable bonds is 11. The van der Waals surface area contributed by atoms with Crippen LogP contribution in [0.5, 0.6) is 5.88 Å². The second kappa shape index (κ2) is 14.5. The first kappa shape index (κ1) is 34.6. The fourth-order valence-electron chi connectivity index (χ4n) is 5.06. The van der Waals surface area contributed by atoms with Gasteiger partial charge in [-0.25, -0.2) is 9.13 Å². The van der Waals surface area contributed by atoms with E-state index >= 15 is 0 Å². The molecule has 1 atom stereocenters. The first-order valence-electron chi connectivity index (χ1n) is 15.1. The van der Waals surface area contributed by atoms with Gasteiger partial charge in [0.2, 0.25) is 5.88 Å². The molecule has 0 bridgehead atoms. The summed E-state index contributed by atoms with van der Waals surface area (Å²) in [5.41, 5.74) is 6.47. The lowest BCUT2D eigenvalue weighted by Gasteiger charge is -2.32. The molecule has 1 aliphatic rings. The molecule has 1 unspecified atom stereocenters. The van der Waals surface area contributed by atoms with E-state index in [2.05, 4.69) is 92.0 Å². The number of hydrogen-bond acceptors (Lipinski definition) is 7. The minimum atomic E-state index is -0.434. The number of nitrogens with zero attached hydrogens (tertiary/aromatic N) is 6. The van der Waals surface area contributed by atoms with Gasteiger partial charge >= 0.3 is 7.12 Å². The molecule has 1 saturated heterocycles. The topological polar surface area (TPSA) is 90.4 Å². The monoisotopic (exact) mass is 734 g/mol. The van der Waals surface area contributed by atoms with Crippen LogP contribution in [0, 0.1) is 6.92 Å². The zero-order valence-electron chi connectivity index (χ0n) is 27.6. The molecule has 13 heteroatoms. The molecular weight excluding hydrogens is 689 g/mol. The van der Waals surface area contributed by atoms with Gasteiger partial charge in [-0.15, -0.1) is 0 Å². The van der Waals surface area contributed by atoms with Crippen LogP contribution in [0.4, 0.5) is 0 Å². The van der Waals surface area contributed by atoms with Gasteiger partial charge in [-0.2, -0.15) is 15.3 Å². The zero-order chi connectivity index (χ0) is 32.2. The highest BCUT2D eigenvalue weighted by molar-refractivity contribution is 14.2. The summed E-state index contributed by atoms with van der Waals surface area (Å²) in [5, 5.41) is 15.0. The summed E-state index contributed by atoms with van der Waals surface area (Å²) in [7, 11) is 3.41. The summed E-state index contributed by atoms with van der Waals surface area (Å²) >= 11 is 2.36. The Hall–Kier alpha value is -2.25. The molecule has 3 aromatic heterocycles. The van der Waals surface area contributed by atoms with E-state index in [1.54, 1.807) is 4.68 Å². The van der Waals surface area contributed by atoms with Crippen molar-refractivity contribution in [3.05, 3.63) is 53.0 Å². The maximum absolute atomic E-state index is 6.20. The molecule has 0 saturated carbocycles. The summed E-state index contributed by atoms with van der Waals surface area (Å²) in [6.07, 6.45) is 5.22. The van der Waals surface area contributed by atoms with Crippen LogP contribution in [0.15, 0.2) is 30.4 Å². The van der Waals surface area contributed by atoms with Crippen molar-refractivity contribution in [2.45, 2.75) is 79.6 Å². The molecule has 0 radical (unpaired) electrons. The molecule has 4 heterocycles. The van der Waals surface area contributed by atoms with E-state index in [4.69, 9.17) is 23.9 Å². The van der Waals surface area contributed by atoms with Crippen LogP contribution < -0.4 is 4.74 Å². The van der Waals surface area contributed by atoms with Crippen molar-refractivity contribution in [1.82, 2.24) is 29.1 Å². The van der Waals surface area contributed by atoms with E-state index in [9.17, 15) is 0 Å². The summed E-state index contributed by atoms with van der Waals surface area (Å²) in [6.45, 7) is 17.8. The molecule has 0 amide bonds. The maximum Gasteiger partial charge on any atom is 0.487 e. The molecule has 0 aliphatic carbocycles. The lowest BCUT2D eigenvalue weighted by Crippen LogP contribution is -2.41. The third-order valence-electron chi connectivity index (χ3n) is 8.23. The third kappa shape index (κ3) is 7.09. The Kier molecular flexibility index (Phi) is 11.4. The number of hydrogen-bond donors (Lipinski definition) is 0. The molecule has 1 aromatic carbocycles. The van der Waals surface area contributed by atoms with Crippen LogP contribution in [-0.2, 0) is 41.2 Å². The first-order chi connectivity index (χ1) is 21.0. The van der Waals surface area contributed by atoms with Gasteiger partial charge in [0.15, 0.2) is 0 Å². The highest BCUT2D eigenvalue weighted by Gasteiger charge is 2.50. The van der Waals surface area contributed by atoms with E-state index in [-0.39, 0.29) is 0 Å². The predicted molar refractivity (Wildman–Crippen MR) is 189 cm³/mol. The summed E-state index contributed by atoms with van der Waals surface area (Å²) in [4.78, 5) is 0. The van der Waals surface area contributed by atoms with Crippen molar-refractivity contribution in [3.8, 4) is 17.0 Å². The number of aryl methyl sites for hydroxylation is 3. The van der Waals surface area contributed by atoms with Crippen LogP contribution in [-0.4, -0.2) is 60.6 Å². The molecule has 4 aromatic rings. The minimum absolute atomic E-state index is 0.391. The number of ether oxygens (including phenoxy) is 2. The van der Waals surface area contributed by atoms with Gasteiger partial charge in [0.25, 0.3) is 0 Å². The Morgan fingerprint density at radius 1 is 1.05 bits per heavy atom. The largest absolute Gasteiger partial charge is 0.487 e. The fourth-order valence-corrected chi connectivity index (χ4v) is 6.59. The second-order valence-corrected chi connectivity index (χ2v) is 13.5. The van der Waals surface area contributed by atoms with E-state index < -0.39 is 18.3 Å². The van der Waals surface area contributed by atoms with Gasteiger partial charge in [-0.05, 0) is 92.4 Å². The van der Waals surface area contributed by atoms with E-state index in [0.717, 1.165) is 45.5 Å². The van der Waals surface area contributed by atoms with Crippen LogP contribution in [0.1, 0.15) is 71.1 Å². The van der Waals surface area contributed by atoms with Gasteiger partial charge < -0.3 is 18.8 Å². The highest BCUT2D eigenvalue weighted by atomic mass is 127. The van der Waals surface area contributed by atoms with Gasteiger partial charge in [0.05, 0.1) is 65.1 Å². The molecule has 44 heavy (non-hydrogen) atoms. The lowest BCUT2D eigenvalue weighted by atomic mass is 9.89. The van der Waals surface area contributed by atoms with Crippen molar-refractivity contribution in [3.63, 3.8) is 0 Å². The van der Waals surface area contributed by atoms with Crippen LogP contribution in [0.3, 0.4) is 0 Å². The predicted octanol–water partition coefficient (Wildman–Crippen LogP) is 7.10. The highest BCUT2D eigenvalue weighted by Crippen LogP contribution is 2.38.